The second-order valence-electron chi connectivity index (χ2n) is 20.0. The zero-order valence-corrected chi connectivity index (χ0v) is 45.7. The van der Waals surface area contributed by atoms with Gasteiger partial charge in [-0.2, -0.15) is 0 Å². The molecule has 0 bridgehead atoms. The average molecular weight is 965 g/mol. The molecule has 0 radical (unpaired) electrons. The van der Waals surface area contributed by atoms with E-state index >= 15 is 0 Å². The highest BCUT2D eigenvalue weighted by Crippen LogP contribution is 2.18. The topological polar surface area (TPSA) is 95.9 Å². The van der Waals surface area contributed by atoms with E-state index in [1.807, 2.05) is 0 Å². The standard InChI is InChI=1S/C63H113NO5/c1-4-7-10-13-16-19-22-25-28-31-33-36-39-42-45-48-51-54-59(69-63(68)56-53-50-47-44-41-38-35-30-27-24-21-18-15-12-9-6-3)57-62(67)64-60(58-65)61(66)55-52-49-46-43-40-37-34-32-29-26-23-20-17-14-11-8-5-2/h9,12,16,18-19,21,25,27-28,30,33,36,59-61,65-66H,4-8,10-11,13-15,17,20,22-24,26,29,31-32,34-35,37-58H2,1-3H3,(H,64,67)/b12-9+,19-16-,21-18+,28-25-,30-27+,36-33-. The van der Waals surface area contributed by atoms with Crippen LogP contribution in [-0.4, -0.2) is 46.9 Å². The number of esters is 1. The van der Waals surface area contributed by atoms with Crippen molar-refractivity contribution in [3.8, 4) is 0 Å². The second kappa shape index (κ2) is 56.2. The highest BCUT2D eigenvalue weighted by molar-refractivity contribution is 5.77. The first kappa shape index (κ1) is 66.3. The van der Waals surface area contributed by atoms with Crippen molar-refractivity contribution in [1.29, 1.82) is 0 Å². The summed E-state index contributed by atoms with van der Waals surface area (Å²) in [5.41, 5.74) is 0. The number of aliphatic hydroxyl groups excluding tert-OH is 2. The molecule has 1 amide bonds. The summed E-state index contributed by atoms with van der Waals surface area (Å²) in [4.78, 5) is 26.3. The van der Waals surface area contributed by atoms with Crippen molar-refractivity contribution in [2.45, 2.75) is 309 Å². The lowest BCUT2D eigenvalue weighted by Gasteiger charge is -2.24. The highest BCUT2D eigenvalue weighted by Gasteiger charge is 2.24. The van der Waals surface area contributed by atoms with Crippen LogP contribution in [0.15, 0.2) is 72.9 Å². The Balaban J connectivity index is 4.61. The van der Waals surface area contributed by atoms with Crippen molar-refractivity contribution in [2.75, 3.05) is 6.61 Å². The number of nitrogens with one attached hydrogen (secondary N) is 1. The predicted molar refractivity (Wildman–Crippen MR) is 301 cm³/mol. The van der Waals surface area contributed by atoms with Crippen LogP contribution in [0.3, 0.4) is 0 Å². The molecule has 0 aliphatic rings. The van der Waals surface area contributed by atoms with E-state index in [0.29, 0.717) is 19.3 Å². The Morgan fingerprint density at radius 3 is 1.22 bits per heavy atom. The summed E-state index contributed by atoms with van der Waals surface area (Å²) in [6.07, 6.45) is 72.5. The van der Waals surface area contributed by atoms with Crippen molar-refractivity contribution in [3.63, 3.8) is 0 Å². The normalized spacial score (nSPS) is 13.6. The molecule has 0 saturated heterocycles. The Morgan fingerprint density at radius 2 is 0.783 bits per heavy atom. The largest absolute Gasteiger partial charge is 0.462 e. The Hall–Kier alpha value is -2.70. The van der Waals surface area contributed by atoms with Gasteiger partial charge in [-0.3, -0.25) is 9.59 Å². The number of hydrogen-bond acceptors (Lipinski definition) is 5. The van der Waals surface area contributed by atoms with Gasteiger partial charge >= 0.3 is 5.97 Å². The molecule has 0 aliphatic carbocycles. The van der Waals surface area contributed by atoms with Crippen LogP contribution in [0.4, 0.5) is 0 Å². The minimum absolute atomic E-state index is 0.0556. The van der Waals surface area contributed by atoms with Gasteiger partial charge in [-0.05, 0) is 96.3 Å². The molecule has 0 aromatic rings. The van der Waals surface area contributed by atoms with Crippen LogP contribution in [0.2, 0.25) is 0 Å². The number of ether oxygens (including phenoxy) is 1. The lowest BCUT2D eigenvalue weighted by molar-refractivity contribution is -0.151. The van der Waals surface area contributed by atoms with Crippen molar-refractivity contribution in [2.24, 2.45) is 0 Å². The van der Waals surface area contributed by atoms with E-state index in [9.17, 15) is 19.8 Å². The lowest BCUT2D eigenvalue weighted by Crippen LogP contribution is -2.46. The van der Waals surface area contributed by atoms with Crippen molar-refractivity contribution in [3.05, 3.63) is 72.9 Å². The summed E-state index contributed by atoms with van der Waals surface area (Å²) in [5.74, 6) is -0.505. The molecular weight excluding hydrogens is 851 g/mol. The fourth-order valence-corrected chi connectivity index (χ4v) is 8.81. The summed E-state index contributed by atoms with van der Waals surface area (Å²) in [6.45, 7) is 6.36. The van der Waals surface area contributed by atoms with Crippen molar-refractivity contribution >= 4 is 11.9 Å². The van der Waals surface area contributed by atoms with Gasteiger partial charge in [0.25, 0.3) is 0 Å². The van der Waals surface area contributed by atoms with E-state index < -0.39 is 18.2 Å². The van der Waals surface area contributed by atoms with Gasteiger partial charge in [-0.15, -0.1) is 0 Å². The van der Waals surface area contributed by atoms with E-state index in [0.717, 1.165) is 109 Å². The van der Waals surface area contributed by atoms with E-state index in [2.05, 4.69) is 99.0 Å². The molecule has 3 atom stereocenters. The molecule has 69 heavy (non-hydrogen) atoms. The van der Waals surface area contributed by atoms with Gasteiger partial charge in [-0.1, -0.05) is 254 Å². The molecule has 3 N–H and O–H groups in total. The zero-order valence-electron chi connectivity index (χ0n) is 45.7. The molecule has 0 heterocycles. The van der Waals surface area contributed by atoms with Gasteiger partial charge in [0.15, 0.2) is 0 Å². The molecule has 0 aromatic heterocycles. The maximum Gasteiger partial charge on any atom is 0.306 e. The Kier molecular flexibility index (Phi) is 54.0. The van der Waals surface area contributed by atoms with Crippen LogP contribution in [0.1, 0.15) is 290 Å². The first-order valence-corrected chi connectivity index (χ1v) is 29.7. The SMILES string of the molecule is CC/C=C/C/C=C/C/C=C/CCCCCCCCC(=O)OC(CCCCCC/C=C\C/C=C\C/C=C\CCCCC)CC(=O)NC(CO)C(O)CCCCCCCCCCCCCCCCCCC. The number of rotatable bonds is 53. The Labute approximate surface area is 428 Å². The number of unbranched alkanes of at least 4 members (excludes halogenated alkanes) is 29. The molecule has 6 heteroatoms. The van der Waals surface area contributed by atoms with Gasteiger partial charge in [0.2, 0.25) is 5.91 Å². The number of carbonyl (C=O) groups excluding carboxylic acids is 2. The summed E-state index contributed by atoms with van der Waals surface area (Å²) < 4.78 is 5.95. The second-order valence-corrected chi connectivity index (χ2v) is 20.0. The fourth-order valence-electron chi connectivity index (χ4n) is 8.81. The third-order valence-electron chi connectivity index (χ3n) is 13.3. The van der Waals surface area contributed by atoms with Gasteiger partial charge in [0.1, 0.15) is 6.10 Å². The van der Waals surface area contributed by atoms with Crippen LogP contribution in [0.25, 0.3) is 0 Å². The number of hydrogen-bond donors (Lipinski definition) is 3. The average Bonchev–Trinajstić information content (AvgIpc) is 3.34. The van der Waals surface area contributed by atoms with Gasteiger partial charge < -0.3 is 20.3 Å². The summed E-state index contributed by atoms with van der Waals surface area (Å²) in [7, 11) is 0. The van der Waals surface area contributed by atoms with Crippen LogP contribution >= 0.6 is 0 Å². The van der Waals surface area contributed by atoms with E-state index in [1.165, 1.54) is 135 Å². The highest BCUT2D eigenvalue weighted by atomic mass is 16.5. The number of allylic oxidation sites excluding steroid dienone is 12. The monoisotopic (exact) mass is 964 g/mol. The molecule has 6 nitrogen and oxygen atoms in total. The van der Waals surface area contributed by atoms with Gasteiger partial charge in [0, 0.05) is 6.42 Å². The zero-order chi connectivity index (χ0) is 50.2. The van der Waals surface area contributed by atoms with Crippen molar-refractivity contribution in [1.82, 2.24) is 5.32 Å². The van der Waals surface area contributed by atoms with Gasteiger partial charge in [0.05, 0.1) is 25.2 Å². The molecule has 0 aromatic carbocycles. The predicted octanol–water partition coefficient (Wildman–Crippen LogP) is 18.5. The fraction of sp³-hybridized carbons (Fsp3) is 0.778. The van der Waals surface area contributed by atoms with E-state index in [1.54, 1.807) is 0 Å². The van der Waals surface area contributed by atoms with Crippen LogP contribution in [-0.2, 0) is 14.3 Å². The van der Waals surface area contributed by atoms with Crippen LogP contribution < -0.4 is 5.32 Å². The first-order valence-electron chi connectivity index (χ1n) is 29.7. The lowest BCUT2D eigenvalue weighted by atomic mass is 10.0. The number of amides is 1. The third kappa shape index (κ3) is 51.5. The van der Waals surface area contributed by atoms with Crippen LogP contribution in [0, 0.1) is 0 Å². The smallest absolute Gasteiger partial charge is 0.306 e. The molecule has 0 rings (SSSR count). The minimum atomic E-state index is -0.801. The number of carbonyl (C=O) groups is 2. The van der Waals surface area contributed by atoms with Gasteiger partial charge in [-0.25, -0.2) is 0 Å². The van der Waals surface area contributed by atoms with E-state index in [4.69, 9.17) is 4.74 Å². The molecule has 400 valence electrons. The van der Waals surface area contributed by atoms with Crippen LogP contribution in [0.5, 0.6) is 0 Å². The minimum Gasteiger partial charge on any atom is -0.462 e. The van der Waals surface area contributed by atoms with E-state index in [-0.39, 0.29) is 24.9 Å². The molecule has 0 saturated carbocycles. The molecule has 0 fully saturated rings. The molecule has 3 unspecified atom stereocenters. The maximum atomic E-state index is 13.3. The quantitative estimate of drug-likeness (QED) is 0.0321. The number of aliphatic hydroxyl groups is 2. The molecular formula is C63H113NO5. The Morgan fingerprint density at radius 1 is 0.435 bits per heavy atom. The molecule has 0 spiro atoms. The van der Waals surface area contributed by atoms with Crippen molar-refractivity contribution < 1.29 is 24.5 Å². The maximum absolute atomic E-state index is 13.3. The molecule has 0 aliphatic heterocycles. The third-order valence-corrected chi connectivity index (χ3v) is 13.3. The first-order chi connectivity index (χ1) is 34.0. The summed E-state index contributed by atoms with van der Waals surface area (Å²) in [6, 6.07) is -0.716. The summed E-state index contributed by atoms with van der Waals surface area (Å²) >= 11 is 0. The summed E-state index contributed by atoms with van der Waals surface area (Å²) in [5, 5.41) is 23.9. The Bertz CT molecular complexity index is 1270.